The van der Waals surface area contributed by atoms with Gasteiger partial charge < -0.3 is 0 Å². The zero-order valence-corrected chi connectivity index (χ0v) is 8.93. The van der Waals surface area contributed by atoms with Crippen LogP contribution < -0.4 is 5.56 Å². The van der Waals surface area contributed by atoms with Gasteiger partial charge in [0.05, 0.1) is 5.69 Å². The molecule has 1 heterocycles. The van der Waals surface area contributed by atoms with Crippen molar-refractivity contribution in [1.29, 1.82) is 0 Å². The number of hydrogen-bond donors (Lipinski definition) is 0. The summed E-state index contributed by atoms with van der Waals surface area (Å²) in [6.07, 6.45) is 2.28. The summed E-state index contributed by atoms with van der Waals surface area (Å²) in [5.74, 6) is 0.452. The first-order valence-corrected chi connectivity index (χ1v) is 5.20. The molecule has 1 aliphatic carbocycles. The molecule has 1 aliphatic rings. The molecule has 1 fully saturated rings. The summed E-state index contributed by atoms with van der Waals surface area (Å²) in [7, 11) is 0. The zero-order valence-electron chi connectivity index (χ0n) is 8.93. The molecule has 0 unspecified atom stereocenters. The van der Waals surface area contributed by atoms with Crippen LogP contribution >= 0.6 is 0 Å². The van der Waals surface area contributed by atoms with Crippen molar-refractivity contribution in [2.24, 2.45) is 0 Å². The topological polar surface area (TPSA) is 52.0 Å². The molecule has 0 spiro atoms. The molecule has 4 nitrogen and oxygen atoms in total. The van der Waals surface area contributed by atoms with E-state index in [1.54, 1.807) is 13.0 Å². The van der Waals surface area contributed by atoms with Gasteiger partial charge in [-0.3, -0.25) is 9.59 Å². The Labute approximate surface area is 87.9 Å². The molecule has 1 atom stereocenters. The largest absolute Gasteiger partial charge is 0.298 e. The zero-order chi connectivity index (χ0) is 11.0. The maximum absolute atomic E-state index is 11.5. The van der Waals surface area contributed by atoms with Crippen LogP contribution in [-0.4, -0.2) is 15.6 Å². The average molecular weight is 206 g/mol. The lowest BCUT2D eigenvalue weighted by atomic mass is 10.2. The van der Waals surface area contributed by atoms with Crippen molar-refractivity contribution in [2.75, 3.05) is 0 Å². The van der Waals surface area contributed by atoms with Gasteiger partial charge in [0.25, 0.3) is 5.56 Å². The first-order valence-electron chi connectivity index (χ1n) is 5.20. The Kier molecular flexibility index (Phi) is 2.42. The molecular formula is C11H14N2O2. The van der Waals surface area contributed by atoms with Crippen molar-refractivity contribution in [1.82, 2.24) is 9.78 Å². The molecule has 0 radical (unpaired) electrons. The predicted molar refractivity (Wildman–Crippen MR) is 55.9 cm³/mol. The third kappa shape index (κ3) is 1.98. The molecule has 80 valence electrons. The van der Waals surface area contributed by atoms with Crippen molar-refractivity contribution < 1.29 is 4.79 Å². The normalized spacial score (nSPS) is 17.5. The van der Waals surface area contributed by atoms with Gasteiger partial charge in [-0.25, -0.2) is 4.68 Å². The van der Waals surface area contributed by atoms with Gasteiger partial charge in [-0.05, 0) is 32.8 Å². The second kappa shape index (κ2) is 3.61. The molecule has 1 aromatic rings. The number of ketones is 1. The van der Waals surface area contributed by atoms with Crippen LogP contribution in [0.5, 0.6) is 0 Å². The van der Waals surface area contributed by atoms with Gasteiger partial charge in [0.1, 0.15) is 6.04 Å². The molecule has 4 heteroatoms. The van der Waals surface area contributed by atoms with Crippen LogP contribution in [0, 0.1) is 0 Å². The van der Waals surface area contributed by atoms with Crippen LogP contribution in [0.25, 0.3) is 0 Å². The fourth-order valence-corrected chi connectivity index (χ4v) is 1.49. The minimum absolute atomic E-state index is 0.0439. The SMILES string of the molecule is CC(=O)[C@H](C)n1nc(C2CC2)ccc1=O. The van der Waals surface area contributed by atoms with Crippen LogP contribution in [0.3, 0.4) is 0 Å². The molecule has 0 aliphatic heterocycles. The lowest BCUT2D eigenvalue weighted by Crippen LogP contribution is -2.29. The Morgan fingerprint density at radius 3 is 2.73 bits per heavy atom. The smallest absolute Gasteiger partial charge is 0.267 e. The molecular weight excluding hydrogens is 192 g/mol. The van der Waals surface area contributed by atoms with Crippen LogP contribution in [0.2, 0.25) is 0 Å². The summed E-state index contributed by atoms with van der Waals surface area (Å²) in [4.78, 5) is 22.7. The molecule has 15 heavy (non-hydrogen) atoms. The Balaban J connectivity index is 2.40. The van der Waals surface area contributed by atoms with Gasteiger partial charge in [-0.2, -0.15) is 5.10 Å². The summed E-state index contributed by atoms with van der Waals surface area (Å²) >= 11 is 0. The highest BCUT2D eigenvalue weighted by Gasteiger charge is 2.26. The van der Waals surface area contributed by atoms with Crippen molar-refractivity contribution in [3.63, 3.8) is 0 Å². The number of hydrogen-bond acceptors (Lipinski definition) is 3. The van der Waals surface area contributed by atoms with Gasteiger partial charge in [0, 0.05) is 12.0 Å². The van der Waals surface area contributed by atoms with E-state index in [-0.39, 0.29) is 11.3 Å². The van der Waals surface area contributed by atoms with E-state index in [9.17, 15) is 9.59 Å². The van der Waals surface area contributed by atoms with Crippen LogP contribution in [-0.2, 0) is 4.79 Å². The molecule has 1 aromatic heterocycles. The molecule has 0 saturated heterocycles. The van der Waals surface area contributed by atoms with Crippen molar-refractivity contribution in [3.8, 4) is 0 Å². The summed E-state index contributed by atoms with van der Waals surface area (Å²) in [5, 5.41) is 4.24. The summed E-state index contributed by atoms with van der Waals surface area (Å²) in [5.41, 5.74) is 0.727. The van der Waals surface area contributed by atoms with E-state index in [0.29, 0.717) is 5.92 Å². The van der Waals surface area contributed by atoms with Crippen molar-refractivity contribution in [3.05, 3.63) is 28.2 Å². The molecule has 1 saturated carbocycles. The van der Waals surface area contributed by atoms with Gasteiger partial charge in [-0.15, -0.1) is 0 Å². The lowest BCUT2D eigenvalue weighted by molar-refractivity contribution is -0.120. The predicted octanol–water partition coefficient (Wildman–Crippen LogP) is 1.27. The molecule has 0 amide bonds. The molecule has 2 rings (SSSR count). The number of nitrogens with zero attached hydrogens (tertiary/aromatic N) is 2. The third-order valence-electron chi connectivity index (χ3n) is 2.80. The molecule has 0 aromatic carbocycles. The van der Waals surface area contributed by atoms with Gasteiger partial charge >= 0.3 is 0 Å². The number of carbonyl (C=O) groups is 1. The van der Waals surface area contributed by atoms with Crippen LogP contribution in [0.1, 0.15) is 44.3 Å². The van der Waals surface area contributed by atoms with Crippen molar-refractivity contribution in [2.45, 2.75) is 38.6 Å². The van der Waals surface area contributed by atoms with E-state index in [1.165, 1.54) is 17.7 Å². The molecule has 0 N–H and O–H groups in total. The van der Waals surface area contributed by atoms with E-state index < -0.39 is 6.04 Å². The minimum Gasteiger partial charge on any atom is -0.298 e. The number of Topliss-reactive ketones (excluding diaryl/α,β-unsaturated/α-hetero) is 1. The minimum atomic E-state index is -0.462. The summed E-state index contributed by atoms with van der Waals surface area (Å²) < 4.78 is 1.29. The van der Waals surface area contributed by atoms with Crippen LogP contribution in [0.15, 0.2) is 16.9 Å². The number of carbonyl (C=O) groups excluding carboxylic acids is 1. The first-order chi connectivity index (χ1) is 7.09. The quantitative estimate of drug-likeness (QED) is 0.748. The maximum Gasteiger partial charge on any atom is 0.267 e. The monoisotopic (exact) mass is 206 g/mol. The average Bonchev–Trinajstić information content (AvgIpc) is 3.01. The lowest BCUT2D eigenvalue weighted by Gasteiger charge is -2.11. The summed E-state index contributed by atoms with van der Waals surface area (Å²) in [6, 6.07) is 2.81. The first kappa shape index (κ1) is 10.1. The standard InChI is InChI=1S/C11H14N2O2/c1-7(8(2)14)13-11(15)6-5-10(12-13)9-3-4-9/h5-7,9H,3-4H2,1-2H3/t7-/m0/s1. The fourth-order valence-electron chi connectivity index (χ4n) is 1.49. The van der Waals surface area contributed by atoms with Gasteiger partial charge in [0.15, 0.2) is 5.78 Å². The number of rotatable bonds is 3. The second-order valence-electron chi connectivity index (χ2n) is 4.10. The van der Waals surface area contributed by atoms with E-state index in [4.69, 9.17) is 0 Å². The fraction of sp³-hybridized carbons (Fsp3) is 0.545. The maximum atomic E-state index is 11.5. The second-order valence-corrected chi connectivity index (χ2v) is 4.10. The molecule has 0 bridgehead atoms. The van der Waals surface area contributed by atoms with Crippen LogP contribution in [0.4, 0.5) is 0 Å². The van der Waals surface area contributed by atoms with E-state index in [2.05, 4.69) is 5.10 Å². The van der Waals surface area contributed by atoms with E-state index in [1.807, 2.05) is 0 Å². The van der Waals surface area contributed by atoms with Crippen molar-refractivity contribution >= 4 is 5.78 Å². The van der Waals surface area contributed by atoms with Gasteiger partial charge in [-0.1, -0.05) is 0 Å². The summed E-state index contributed by atoms with van der Waals surface area (Å²) in [6.45, 7) is 3.18. The van der Waals surface area contributed by atoms with Gasteiger partial charge in [0.2, 0.25) is 0 Å². The Morgan fingerprint density at radius 2 is 2.20 bits per heavy atom. The highest BCUT2D eigenvalue weighted by atomic mass is 16.1. The Bertz CT molecular complexity index is 446. The third-order valence-corrected chi connectivity index (χ3v) is 2.80. The Hall–Kier alpha value is -1.45. The number of aromatic nitrogens is 2. The Morgan fingerprint density at radius 1 is 1.53 bits per heavy atom. The van der Waals surface area contributed by atoms with E-state index >= 15 is 0 Å². The highest BCUT2D eigenvalue weighted by molar-refractivity contribution is 5.79. The highest BCUT2D eigenvalue weighted by Crippen LogP contribution is 2.38. The van der Waals surface area contributed by atoms with E-state index in [0.717, 1.165) is 18.5 Å².